The van der Waals surface area contributed by atoms with Crippen LogP contribution < -0.4 is 5.32 Å². The summed E-state index contributed by atoms with van der Waals surface area (Å²) >= 11 is 5.61. The first kappa shape index (κ1) is 19.1. The van der Waals surface area contributed by atoms with Crippen molar-refractivity contribution in [2.45, 2.75) is 18.5 Å². The molecule has 2 aromatic heterocycles. The molecule has 7 heteroatoms. The van der Waals surface area contributed by atoms with Gasteiger partial charge in [-0.2, -0.15) is 0 Å². The van der Waals surface area contributed by atoms with Gasteiger partial charge >= 0.3 is 5.97 Å². The number of hydrogen-bond donors (Lipinski definition) is 1. The predicted molar refractivity (Wildman–Crippen MR) is 115 cm³/mol. The Morgan fingerprint density at radius 1 is 1.17 bits per heavy atom. The number of nitrogens with zero attached hydrogens (tertiary/aromatic N) is 3. The van der Waals surface area contributed by atoms with Crippen LogP contribution in [0.1, 0.15) is 29.8 Å². The molecule has 0 aliphatic carbocycles. The third kappa shape index (κ3) is 4.00. The molecule has 0 amide bonds. The smallest absolute Gasteiger partial charge is 0.307 e. The van der Waals surface area contributed by atoms with Crippen molar-refractivity contribution in [2.75, 3.05) is 13.7 Å². The molecule has 3 heterocycles. The zero-order valence-corrected chi connectivity index (χ0v) is 16.9. The topological polar surface area (TPSA) is 59.4 Å². The van der Waals surface area contributed by atoms with Gasteiger partial charge in [-0.25, -0.2) is 0 Å². The maximum Gasteiger partial charge on any atom is 0.307 e. The molecule has 148 valence electrons. The molecule has 1 aliphatic rings. The summed E-state index contributed by atoms with van der Waals surface area (Å²) in [7, 11) is 1.40. The van der Waals surface area contributed by atoms with Crippen LogP contribution >= 0.6 is 12.2 Å². The second kappa shape index (κ2) is 8.45. The van der Waals surface area contributed by atoms with E-state index in [9.17, 15) is 4.79 Å². The molecule has 3 aromatic rings. The summed E-state index contributed by atoms with van der Waals surface area (Å²) < 4.78 is 6.90. The zero-order valence-electron chi connectivity index (χ0n) is 16.1. The number of pyridine rings is 1. The van der Waals surface area contributed by atoms with E-state index in [1.54, 1.807) is 6.20 Å². The molecule has 1 aliphatic heterocycles. The van der Waals surface area contributed by atoms with Crippen molar-refractivity contribution in [3.05, 3.63) is 84.4 Å². The summed E-state index contributed by atoms with van der Waals surface area (Å²) in [6.07, 6.45) is 6.20. The lowest BCUT2D eigenvalue weighted by Crippen LogP contribution is -2.31. The average Bonchev–Trinajstić information content (AvgIpc) is 3.38. The van der Waals surface area contributed by atoms with Crippen LogP contribution in [0.15, 0.2) is 73.2 Å². The first-order chi connectivity index (χ1) is 14.2. The summed E-state index contributed by atoms with van der Waals surface area (Å²) in [6, 6.07) is 17.9. The Bertz CT molecular complexity index is 990. The van der Waals surface area contributed by atoms with Crippen LogP contribution in [0, 0.1) is 0 Å². The molecule has 1 N–H and O–H groups in total. The minimum absolute atomic E-state index is 0.0768. The Morgan fingerprint density at radius 2 is 1.97 bits per heavy atom. The summed E-state index contributed by atoms with van der Waals surface area (Å²) in [4.78, 5) is 18.3. The fraction of sp³-hybridized carbons (Fsp3) is 0.227. The highest BCUT2D eigenvalue weighted by Crippen LogP contribution is 2.38. The van der Waals surface area contributed by atoms with Gasteiger partial charge in [-0.15, -0.1) is 0 Å². The molecule has 2 atom stereocenters. The molecular weight excluding hydrogens is 384 g/mol. The Kier molecular flexibility index (Phi) is 5.57. The van der Waals surface area contributed by atoms with E-state index < -0.39 is 0 Å². The molecule has 29 heavy (non-hydrogen) atoms. The Hall–Kier alpha value is -3.19. The van der Waals surface area contributed by atoms with E-state index in [1.165, 1.54) is 7.11 Å². The van der Waals surface area contributed by atoms with Gasteiger partial charge in [0, 0.05) is 30.8 Å². The Balaban J connectivity index is 1.68. The molecule has 0 saturated carbocycles. The van der Waals surface area contributed by atoms with Crippen molar-refractivity contribution in [3.63, 3.8) is 0 Å². The molecule has 1 saturated heterocycles. The van der Waals surface area contributed by atoms with Gasteiger partial charge in [-0.3, -0.25) is 9.78 Å². The fourth-order valence-corrected chi connectivity index (χ4v) is 4.00. The van der Waals surface area contributed by atoms with Gasteiger partial charge in [0.05, 0.1) is 31.3 Å². The van der Waals surface area contributed by atoms with Crippen LogP contribution in [0.5, 0.6) is 0 Å². The number of methoxy groups -OCH3 is 1. The molecule has 0 radical (unpaired) electrons. The first-order valence-electron chi connectivity index (χ1n) is 9.45. The summed E-state index contributed by atoms with van der Waals surface area (Å²) in [5, 5.41) is 4.01. The lowest BCUT2D eigenvalue weighted by atomic mass is 9.99. The largest absolute Gasteiger partial charge is 0.469 e. The van der Waals surface area contributed by atoms with Crippen molar-refractivity contribution in [1.82, 2.24) is 19.8 Å². The number of thiocarbonyl (C=S) groups is 1. The highest BCUT2D eigenvalue weighted by atomic mass is 32.1. The first-order valence-corrected chi connectivity index (χ1v) is 9.86. The van der Waals surface area contributed by atoms with E-state index in [-0.39, 0.29) is 24.5 Å². The summed E-state index contributed by atoms with van der Waals surface area (Å²) in [5.74, 6) is -0.255. The van der Waals surface area contributed by atoms with Crippen LogP contribution in [-0.2, 0) is 9.53 Å². The van der Waals surface area contributed by atoms with Gasteiger partial charge in [0.1, 0.15) is 0 Å². The quantitative estimate of drug-likeness (QED) is 0.500. The minimum atomic E-state index is -0.255. The molecule has 0 spiro atoms. The molecule has 1 fully saturated rings. The zero-order chi connectivity index (χ0) is 20.2. The van der Waals surface area contributed by atoms with Gasteiger partial charge in [-0.05, 0) is 48.1 Å². The monoisotopic (exact) mass is 406 g/mol. The highest BCUT2D eigenvalue weighted by molar-refractivity contribution is 7.80. The molecule has 6 nitrogen and oxygen atoms in total. The highest BCUT2D eigenvalue weighted by Gasteiger charge is 2.40. The van der Waals surface area contributed by atoms with Crippen LogP contribution in [0.4, 0.5) is 0 Å². The predicted octanol–water partition coefficient (Wildman–Crippen LogP) is 3.41. The van der Waals surface area contributed by atoms with Gasteiger partial charge in [0.2, 0.25) is 0 Å². The van der Waals surface area contributed by atoms with E-state index in [1.807, 2.05) is 42.6 Å². The molecular formula is C22H22N4O2S. The van der Waals surface area contributed by atoms with Crippen molar-refractivity contribution in [3.8, 4) is 5.69 Å². The SMILES string of the molecule is COC(=O)CCN1C(=S)NC(c2ccccn2)C1c1ccn(-c2ccccc2)c1. The van der Waals surface area contributed by atoms with Crippen molar-refractivity contribution in [1.29, 1.82) is 0 Å². The standard InChI is InChI=1S/C22H22N4O2S/c1-28-19(27)11-14-26-21(20(24-22(26)29)18-9-5-6-12-23-18)16-10-13-25(15-16)17-7-3-2-4-8-17/h2-10,12-13,15,20-21H,11,14H2,1H3,(H,24,29). The van der Waals surface area contributed by atoms with Crippen molar-refractivity contribution in [2.24, 2.45) is 0 Å². The van der Waals surface area contributed by atoms with Crippen molar-refractivity contribution >= 4 is 23.3 Å². The molecule has 1 aromatic carbocycles. The number of carbonyl (C=O) groups excluding carboxylic acids is 1. The second-order valence-corrected chi connectivity index (χ2v) is 7.22. The third-order valence-electron chi connectivity index (χ3n) is 5.09. The number of aromatic nitrogens is 2. The number of esters is 1. The number of hydrogen-bond acceptors (Lipinski definition) is 4. The maximum absolute atomic E-state index is 11.7. The minimum Gasteiger partial charge on any atom is -0.469 e. The van der Waals surface area contributed by atoms with Gasteiger partial charge in [0.25, 0.3) is 0 Å². The van der Waals surface area contributed by atoms with Crippen LogP contribution in [0.25, 0.3) is 5.69 Å². The van der Waals surface area contributed by atoms with E-state index >= 15 is 0 Å². The number of nitrogens with one attached hydrogen (secondary N) is 1. The number of ether oxygens (including phenoxy) is 1. The van der Waals surface area contributed by atoms with Gasteiger partial charge in [0.15, 0.2) is 5.11 Å². The third-order valence-corrected chi connectivity index (χ3v) is 5.45. The van der Waals surface area contributed by atoms with E-state index in [0.29, 0.717) is 11.7 Å². The Morgan fingerprint density at radius 3 is 2.69 bits per heavy atom. The summed E-state index contributed by atoms with van der Waals surface area (Å²) in [6.45, 7) is 0.475. The van der Waals surface area contributed by atoms with Crippen LogP contribution in [0.3, 0.4) is 0 Å². The molecule has 0 bridgehead atoms. The average molecular weight is 407 g/mol. The number of rotatable bonds is 6. The number of carbonyl (C=O) groups is 1. The van der Waals surface area contributed by atoms with Gasteiger partial charge in [-0.1, -0.05) is 24.3 Å². The van der Waals surface area contributed by atoms with Crippen LogP contribution in [-0.4, -0.2) is 39.2 Å². The fourth-order valence-electron chi connectivity index (χ4n) is 3.67. The second-order valence-electron chi connectivity index (χ2n) is 6.83. The Labute approximate surface area is 175 Å². The van der Waals surface area contributed by atoms with Gasteiger partial charge < -0.3 is 19.5 Å². The molecule has 4 rings (SSSR count). The normalized spacial score (nSPS) is 18.5. The maximum atomic E-state index is 11.7. The summed E-state index contributed by atoms with van der Waals surface area (Å²) in [5.41, 5.74) is 3.09. The lowest BCUT2D eigenvalue weighted by molar-refractivity contribution is -0.140. The van der Waals surface area contributed by atoms with E-state index in [0.717, 1.165) is 16.9 Å². The van der Waals surface area contributed by atoms with E-state index in [2.05, 4.69) is 44.2 Å². The molecule has 2 unspecified atom stereocenters. The van der Waals surface area contributed by atoms with Crippen molar-refractivity contribution < 1.29 is 9.53 Å². The van der Waals surface area contributed by atoms with E-state index in [4.69, 9.17) is 17.0 Å². The number of para-hydroxylation sites is 1. The number of benzene rings is 1. The lowest BCUT2D eigenvalue weighted by Gasteiger charge is -2.26. The van der Waals surface area contributed by atoms with Crippen LogP contribution in [0.2, 0.25) is 0 Å².